The van der Waals surface area contributed by atoms with Crippen molar-refractivity contribution in [2.24, 2.45) is 13.0 Å². The number of hydrogen-bond donors (Lipinski definition) is 1. The third-order valence-corrected chi connectivity index (χ3v) is 3.99. The topological polar surface area (TPSA) is 54.3 Å². The third-order valence-electron chi connectivity index (χ3n) is 3.99. The molecule has 1 aliphatic heterocycles. The summed E-state index contributed by atoms with van der Waals surface area (Å²) in [4.78, 5) is 25.1. The second kappa shape index (κ2) is 6.11. The lowest BCUT2D eigenvalue weighted by atomic mass is 10.1. The van der Waals surface area contributed by atoms with E-state index in [1.165, 1.54) is 5.69 Å². The molecule has 0 radical (unpaired) electrons. The number of nitrogens with one attached hydrogen (secondary N) is 1. The Kier molecular flexibility index (Phi) is 4.47. The van der Waals surface area contributed by atoms with Crippen LogP contribution in [0, 0.1) is 5.92 Å². The van der Waals surface area contributed by atoms with E-state index in [1.54, 1.807) is 11.9 Å². The van der Waals surface area contributed by atoms with Crippen molar-refractivity contribution in [2.75, 3.05) is 13.6 Å². The van der Waals surface area contributed by atoms with Gasteiger partial charge in [-0.2, -0.15) is 0 Å². The van der Waals surface area contributed by atoms with Crippen LogP contribution in [0.15, 0.2) is 18.3 Å². The summed E-state index contributed by atoms with van der Waals surface area (Å²) in [6.45, 7) is 2.55. The van der Waals surface area contributed by atoms with Gasteiger partial charge in [-0.15, -0.1) is 0 Å². The predicted molar refractivity (Wildman–Crippen MR) is 77.1 cm³/mol. The highest BCUT2D eigenvalue weighted by atomic mass is 16.2. The predicted octanol–water partition coefficient (Wildman–Crippen LogP) is 0.941. The second-order valence-corrected chi connectivity index (χ2v) is 5.73. The Balaban J connectivity index is 1.77. The molecule has 1 saturated heterocycles. The first-order valence-electron chi connectivity index (χ1n) is 7.12. The maximum Gasteiger partial charge on any atom is 0.225 e. The Morgan fingerprint density at radius 2 is 2.25 bits per heavy atom. The van der Waals surface area contributed by atoms with Crippen molar-refractivity contribution in [3.8, 4) is 0 Å². The number of likely N-dealkylation sites (tertiary alicyclic amines) is 1. The summed E-state index contributed by atoms with van der Waals surface area (Å²) in [5.74, 6) is -0.131. The Hall–Kier alpha value is -1.78. The van der Waals surface area contributed by atoms with Gasteiger partial charge in [0.25, 0.3) is 0 Å². The Bertz CT molecular complexity index is 495. The molecule has 2 rings (SSSR count). The van der Waals surface area contributed by atoms with Crippen molar-refractivity contribution < 1.29 is 9.59 Å². The van der Waals surface area contributed by atoms with E-state index in [9.17, 15) is 9.59 Å². The van der Waals surface area contributed by atoms with Gasteiger partial charge >= 0.3 is 0 Å². The van der Waals surface area contributed by atoms with Crippen LogP contribution in [-0.2, 0) is 23.1 Å². The molecule has 0 bridgehead atoms. The molecule has 2 heterocycles. The average molecular weight is 277 g/mol. The smallest absolute Gasteiger partial charge is 0.225 e. The summed E-state index contributed by atoms with van der Waals surface area (Å²) in [6, 6.07) is 4.25. The summed E-state index contributed by atoms with van der Waals surface area (Å²) in [5, 5.41) is 3.02. The molecule has 1 aromatic rings. The zero-order valence-electron chi connectivity index (χ0n) is 12.4. The van der Waals surface area contributed by atoms with Crippen LogP contribution in [-0.4, -0.2) is 40.9 Å². The summed E-state index contributed by atoms with van der Waals surface area (Å²) in [6.07, 6.45) is 4.21. The second-order valence-electron chi connectivity index (χ2n) is 5.73. The molecule has 0 aliphatic carbocycles. The molecule has 1 aromatic heterocycles. The highest BCUT2D eigenvalue weighted by Gasteiger charge is 2.32. The summed E-state index contributed by atoms with van der Waals surface area (Å²) >= 11 is 0. The Labute approximate surface area is 119 Å². The number of aromatic nitrogens is 1. The number of hydrogen-bond acceptors (Lipinski definition) is 2. The van der Waals surface area contributed by atoms with Gasteiger partial charge < -0.3 is 14.8 Å². The zero-order valence-corrected chi connectivity index (χ0v) is 12.4. The van der Waals surface area contributed by atoms with Crippen LogP contribution in [0.4, 0.5) is 0 Å². The summed E-state index contributed by atoms with van der Waals surface area (Å²) < 4.78 is 2.10. The fourth-order valence-electron chi connectivity index (χ4n) is 2.59. The lowest BCUT2D eigenvalue weighted by Gasteiger charge is -2.17. The summed E-state index contributed by atoms with van der Waals surface area (Å²) in [5.41, 5.74) is 1.27. The van der Waals surface area contributed by atoms with Gasteiger partial charge in [0, 0.05) is 45.0 Å². The standard InChI is InChI=1S/C15H23N3O2/c1-11(6-7-13-5-4-8-17(13)2)16-15(20)12-9-14(19)18(3)10-12/h4-5,8,11-12H,6-7,9-10H2,1-3H3,(H,16,20). The van der Waals surface area contributed by atoms with Crippen molar-refractivity contribution in [1.82, 2.24) is 14.8 Å². The van der Waals surface area contributed by atoms with Crippen LogP contribution in [0.1, 0.15) is 25.5 Å². The van der Waals surface area contributed by atoms with E-state index in [-0.39, 0.29) is 23.8 Å². The molecule has 0 aromatic carbocycles. The minimum absolute atomic E-state index is 0.00193. The molecular weight excluding hydrogens is 254 g/mol. The molecular formula is C15H23N3O2. The van der Waals surface area contributed by atoms with Crippen molar-refractivity contribution >= 4 is 11.8 Å². The zero-order chi connectivity index (χ0) is 14.7. The number of rotatable bonds is 5. The Morgan fingerprint density at radius 1 is 1.50 bits per heavy atom. The van der Waals surface area contributed by atoms with Crippen molar-refractivity contribution in [3.63, 3.8) is 0 Å². The SMILES string of the molecule is CC(CCc1cccn1C)NC(=O)C1CC(=O)N(C)C1. The van der Waals surface area contributed by atoms with Gasteiger partial charge in [-0.05, 0) is 31.9 Å². The number of nitrogens with zero attached hydrogens (tertiary/aromatic N) is 2. The first kappa shape index (κ1) is 14.6. The molecule has 2 amide bonds. The van der Waals surface area contributed by atoms with Gasteiger partial charge in [0.2, 0.25) is 11.8 Å². The fraction of sp³-hybridized carbons (Fsp3) is 0.600. The van der Waals surface area contributed by atoms with E-state index in [4.69, 9.17) is 0 Å². The van der Waals surface area contributed by atoms with E-state index in [1.807, 2.05) is 26.2 Å². The maximum atomic E-state index is 12.1. The third kappa shape index (κ3) is 3.40. The van der Waals surface area contributed by atoms with Crippen LogP contribution < -0.4 is 5.32 Å². The Morgan fingerprint density at radius 3 is 2.80 bits per heavy atom. The molecule has 1 aliphatic rings. The molecule has 110 valence electrons. The van der Waals surface area contributed by atoms with E-state index in [2.05, 4.69) is 16.0 Å². The fourth-order valence-corrected chi connectivity index (χ4v) is 2.59. The van der Waals surface area contributed by atoms with E-state index < -0.39 is 0 Å². The van der Waals surface area contributed by atoms with E-state index >= 15 is 0 Å². The van der Waals surface area contributed by atoms with Gasteiger partial charge in [0.05, 0.1) is 5.92 Å². The molecule has 5 nitrogen and oxygen atoms in total. The number of aryl methyl sites for hydroxylation is 2. The average Bonchev–Trinajstić information content (AvgIpc) is 2.94. The van der Waals surface area contributed by atoms with Gasteiger partial charge in [0.1, 0.15) is 0 Å². The number of carbonyl (C=O) groups excluding carboxylic acids is 2. The minimum atomic E-state index is -0.190. The van der Waals surface area contributed by atoms with Crippen LogP contribution >= 0.6 is 0 Å². The highest BCUT2D eigenvalue weighted by molar-refractivity contribution is 5.89. The maximum absolute atomic E-state index is 12.1. The molecule has 0 spiro atoms. The molecule has 1 N–H and O–H groups in total. The molecule has 20 heavy (non-hydrogen) atoms. The molecule has 0 saturated carbocycles. The van der Waals surface area contributed by atoms with Gasteiger partial charge in [-0.1, -0.05) is 0 Å². The lowest BCUT2D eigenvalue weighted by molar-refractivity contribution is -0.128. The van der Waals surface area contributed by atoms with Crippen LogP contribution in [0.2, 0.25) is 0 Å². The molecule has 2 unspecified atom stereocenters. The monoisotopic (exact) mass is 277 g/mol. The first-order valence-corrected chi connectivity index (χ1v) is 7.12. The number of amides is 2. The lowest BCUT2D eigenvalue weighted by Crippen LogP contribution is -2.38. The molecule has 5 heteroatoms. The normalized spacial score (nSPS) is 20.2. The van der Waals surface area contributed by atoms with Gasteiger partial charge in [0.15, 0.2) is 0 Å². The van der Waals surface area contributed by atoms with E-state index in [0.717, 1.165) is 12.8 Å². The quantitative estimate of drug-likeness (QED) is 0.871. The van der Waals surface area contributed by atoms with Crippen molar-refractivity contribution in [3.05, 3.63) is 24.0 Å². The summed E-state index contributed by atoms with van der Waals surface area (Å²) in [7, 11) is 3.77. The van der Waals surface area contributed by atoms with Crippen molar-refractivity contribution in [1.29, 1.82) is 0 Å². The van der Waals surface area contributed by atoms with Crippen LogP contribution in [0.3, 0.4) is 0 Å². The highest BCUT2D eigenvalue weighted by Crippen LogP contribution is 2.16. The van der Waals surface area contributed by atoms with Gasteiger partial charge in [-0.3, -0.25) is 9.59 Å². The minimum Gasteiger partial charge on any atom is -0.354 e. The number of carbonyl (C=O) groups is 2. The van der Waals surface area contributed by atoms with Crippen LogP contribution in [0.25, 0.3) is 0 Å². The molecule has 2 atom stereocenters. The first-order chi connectivity index (χ1) is 9.47. The van der Waals surface area contributed by atoms with Crippen LogP contribution in [0.5, 0.6) is 0 Å². The van der Waals surface area contributed by atoms with Crippen molar-refractivity contribution in [2.45, 2.75) is 32.2 Å². The molecule has 1 fully saturated rings. The van der Waals surface area contributed by atoms with E-state index in [0.29, 0.717) is 13.0 Å². The van der Waals surface area contributed by atoms with Gasteiger partial charge in [-0.25, -0.2) is 0 Å². The largest absolute Gasteiger partial charge is 0.354 e.